The van der Waals surface area contributed by atoms with Crippen LogP contribution in [0.5, 0.6) is 5.75 Å². The molecule has 2 rings (SSSR count). The van der Waals surface area contributed by atoms with E-state index in [4.69, 9.17) is 4.74 Å². The molecule has 0 amide bonds. The minimum Gasteiger partial charge on any atom is -0.494 e. The molecule has 96 valence electrons. The number of methoxy groups -OCH3 is 2. The van der Waals surface area contributed by atoms with E-state index in [1.165, 1.54) is 26.4 Å². The number of carbonyl (C=O) groups is 2. The number of fused-ring (bicyclic) bond motifs is 1. The number of hydrogen-bond acceptors (Lipinski definition) is 4. The molecule has 0 N–H and O–H groups in total. The third kappa shape index (κ3) is 2.08. The third-order valence-corrected chi connectivity index (χ3v) is 3.11. The van der Waals surface area contributed by atoms with Crippen LogP contribution in [0, 0.1) is 11.7 Å². The molecule has 1 aromatic carbocycles. The van der Waals surface area contributed by atoms with Crippen molar-refractivity contribution in [3.63, 3.8) is 0 Å². The quantitative estimate of drug-likeness (QED) is 0.752. The average molecular weight is 252 g/mol. The van der Waals surface area contributed by atoms with Gasteiger partial charge in [-0.2, -0.15) is 0 Å². The van der Waals surface area contributed by atoms with Crippen LogP contribution in [0.4, 0.5) is 4.39 Å². The van der Waals surface area contributed by atoms with Gasteiger partial charge in [0.05, 0.1) is 20.1 Å². The van der Waals surface area contributed by atoms with E-state index in [1.807, 2.05) is 0 Å². The fourth-order valence-corrected chi connectivity index (χ4v) is 2.18. The molecule has 0 bridgehead atoms. The number of hydrogen-bond donors (Lipinski definition) is 0. The molecule has 1 aliphatic rings. The van der Waals surface area contributed by atoms with Gasteiger partial charge in [-0.25, -0.2) is 4.39 Å². The van der Waals surface area contributed by atoms with Crippen molar-refractivity contribution in [2.45, 2.75) is 12.8 Å². The van der Waals surface area contributed by atoms with Crippen LogP contribution < -0.4 is 4.74 Å². The summed E-state index contributed by atoms with van der Waals surface area (Å²) in [5.74, 6) is -1.65. The molecule has 0 fully saturated rings. The standard InChI is InChI=1S/C13H13FO4/c1-17-12-6-9-7(4-10(12)14)3-8(5-11(9)15)13(16)18-2/h4,6,8H,3,5H2,1-2H3/t8-/m1/s1. The minimum absolute atomic E-state index is 0.0404. The number of halogens is 1. The van der Waals surface area contributed by atoms with Crippen molar-refractivity contribution in [1.29, 1.82) is 0 Å². The van der Waals surface area contributed by atoms with Gasteiger partial charge in [0.2, 0.25) is 0 Å². The monoisotopic (exact) mass is 252 g/mol. The van der Waals surface area contributed by atoms with E-state index in [2.05, 4.69) is 4.74 Å². The first-order valence-corrected chi connectivity index (χ1v) is 5.54. The summed E-state index contributed by atoms with van der Waals surface area (Å²) in [7, 11) is 2.62. The molecular weight excluding hydrogens is 239 g/mol. The summed E-state index contributed by atoms with van der Waals surface area (Å²) < 4.78 is 23.0. The van der Waals surface area contributed by atoms with Crippen LogP contribution in [0.25, 0.3) is 0 Å². The molecule has 1 atom stereocenters. The van der Waals surface area contributed by atoms with Crippen molar-refractivity contribution in [2.75, 3.05) is 14.2 Å². The Balaban J connectivity index is 2.39. The normalized spacial score (nSPS) is 18.2. The lowest BCUT2D eigenvalue weighted by atomic mass is 9.83. The largest absolute Gasteiger partial charge is 0.494 e. The fourth-order valence-electron chi connectivity index (χ4n) is 2.18. The first-order valence-electron chi connectivity index (χ1n) is 5.54. The molecule has 0 saturated carbocycles. The first-order chi connectivity index (χ1) is 8.56. The smallest absolute Gasteiger partial charge is 0.309 e. The Labute approximate surface area is 104 Å². The first kappa shape index (κ1) is 12.5. The average Bonchev–Trinajstić information content (AvgIpc) is 2.36. The number of ketones is 1. The second kappa shape index (κ2) is 4.76. The van der Waals surface area contributed by atoms with Gasteiger partial charge >= 0.3 is 5.97 Å². The number of rotatable bonds is 2. The van der Waals surface area contributed by atoms with Gasteiger partial charge in [0.25, 0.3) is 0 Å². The number of Topliss-reactive ketones (excluding diaryl/α,β-unsaturated/α-hetero) is 1. The molecular formula is C13H13FO4. The van der Waals surface area contributed by atoms with Gasteiger partial charge in [0.1, 0.15) is 0 Å². The Bertz CT molecular complexity index is 510. The second-order valence-electron chi connectivity index (χ2n) is 4.20. The molecule has 0 radical (unpaired) electrons. The zero-order chi connectivity index (χ0) is 13.3. The van der Waals surface area contributed by atoms with Gasteiger partial charge < -0.3 is 9.47 Å². The highest BCUT2D eigenvalue weighted by Crippen LogP contribution is 2.31. The summed E-state index contributed by atoms with van der Waals surface area (Å²) in [5, 5.41) is 0. The molecule has 0 aromatic heterocycles. The predicted octanol–water partition coefficient (Wildman–Crippen LogP) is 1.75. The zero-order valence-corrected chi connectivity index (χ0v) is 10.2. The van der Waals surface area contributed by atoms with Crippen LogP contribution in [0.15, 0.2) is 12.1 Å². The molecule has 1 aliphatic carbocycles. The van der Waals surface area contributed by atoms with Crippen molar-refractivity contribution in [2.24, 2.45) is 5.92 Å². The van der Waals surface area contributed by atoms with Crippen LogP contribution in [-0.2, 0) is 16.0 Å². The lowest BCUT2D eigenvalue weighted by molar-refractivity contribution is -0.145. The number of carbonyl (C=O) groups excluding carboxylic acids is 2. The molecule has 0 aliphatic heterocycles. The second-order valence-corrected chi connectivity index (χ2v) is 4.20. The highest BCUT2D eigenvalue weighted by atomic mass is 19.1. The van der Waals surface area contributed by atoms with E-state index in [0.29, 0.717) is 17.5 Å². The maximum Gasteiger partial charge on any atom is 0.309 e. The van der Waals surface area contributed by atoms with Crippen molar-refractivity contribution in [3.05, 3.63) is 29.1 Å². The van der Waals surface area contributed by atoms with Gasteiger partial charge in [-0.1, -0.05) is 0 Å². The van der Waals surface area contributed by atoms with Crippen LogP contribution in [-0.4, -0.2) is 26.0 Å². The molecule has 0 saturated heterocycles. The van der Waals surface area contributed by atoms with E-state index < -0.39 is 17.7 Å². The van der Waals surface area contributed by atoms with Crippen molar-refractivity contribution in [1.82, 2.24) is 0 Å². The summed E-state index contributed by atoms with van der Waals surface area (Å²) >= 11 is 0. The Morgan fingerprint density at radius 3 is 2.67 bits per heavy atom. The Hall–Kier alpha value is -1.91. The predicted molar refractivity (Wildman–Crippen MR) is 61.1 cm³/mol. The van der Waals surface area contributed by atoms with Crippen molar-refractivity contribution in [3.8, 4) is 5.75 Å². The van der Waals surface area contributed by atoms with E-state index in [0.717, 1.165) is 0 Å². The van der Waals surface area contributed by atoms with Crippen molar-refractivity contribution >= 4 is 11.8 Å². The van der Waals surface area contributed by atoms with Crippen LogP contribution in [0.2, 0.25) is 0 Å². The Kier molecular flexibility index (Phi) is 3.32. The lowest BCUT2D eigenvalue weighted by Crippen LogP contribution is -2.27. The van der Waals surface area contributed by atoms with Crippen LogP contribution in [0.1, 0.15) is 22.3 Å². The van der Waals surface area contributed by atoms with Gasteiger partial charge in [0, 0.05) is 12.0 Å². The summed E-state index contributed by atoms with van der Waals surface area (Å²) in [6.45, 7) is 0. The summed E-state index contributed by atoms with van der Waals surface area (Å²) in [6.07, 6.45) is 0.406. The third-order valence-electron chi connectivity index (χ3n) is 3.11. The molecule has 5 heteroatoms. The van der Waals surface area contributed by atoms with Gasteiger partial charge in [-0.3, -0.25) is 9.59 Å². The minimum atomic E-state index is -0.533. The number of benzene rings is 1. The highest BCUT2D eigenvalue weighted by Gasteiger charge is 2.31. The molecule has 18 heavy (non-hydrogen) atoms. The van der Waals surface area contributed by atoms with E-state index in [1.54, 1.807) is 0 Å². The summed E-state index contributed by atoms with van der Waals surface area (Å²) in [4.78, 5) is 23.3. The van der Waals surface area contributed by atoms with Gasteiger partial charge in [0.15, 0.2) is 17.3 Å². The number of esters is 1. The van der Waals surface area contributed by atoms with Gasteiger partial charge in [-0.05, 0) is 24.1 Å². The lowest BCUT2D eigenvalue weighted by Gasteiger charge is -2.22. The van der Waals surface area contributed by atoms with Gasteiger partial charge in [-0.15, -0.1) is 0 Å². The molecule has 0 unspecified atom stereocenters. The van der Waals surface area contributed by atoms with Crippen molar-refractivity contribution < 1.29 is 23.5 Å². The highest BCUT2D eigenvalue weighted by molar-refractivity contribution is 6.01. The van der Waals surface area contributed by atoms with E-state index in [9.17, 15) is 14.0 Å². The molecule has 0 spiro atoms. The maximum absolute atomic E-state index is 13.6. The van der Waals surface area contributed by atoms with E-state index in [-0.39, 0.29) is 18.0 Å². The maximum atomic E-state index is 13.6. The fraction of sp³-hybridized carbons (Fsp3) is 0.385. The molecule has 4 nitrogen and oxygen atoms in total. The Morgan fingerprint density at radius 2 is 2.06 bits per heavy atom. The molecule has 1 aromatic rings. The Morgan fingerprint density at radius 1 is 1.33 bits per heavy atom. The SMILES string of the molecule is COC(=O)[C@H]1CC(=O)c2cc(OC)c(F)cc2C1. The van der Waals surface area contributed by atoms with E-state index >= 15 is 0 Å². The summed E-state index contributed by atoms with van der Waals surface area (Å²) in [6, 6.07) is 2.64. The van der Waals surface area contributed by atoms with Crippen LogP contribution in [0.3, 0.4) is 0 Å². The summed E-state index contributed by atoms with van der Waals surface area (Å²) in [5.41, 5.74) is 0.952. The topological polar surface area (TPSA) is 52.6 Å². The van der Waals surface area contributed by atoms with Crippen LogP contribution >= 0.6 is 0 Å². The number of ether oxygens (including phenoxy) is 2. The molecule has 0 heterocycles. The zero-order valence-electron chi connectivity index (χ0n) is 10.2.